The van der Waals surface area contributed by atoms with Gasteiger partial charge in [0, 0.05) is 117 Å². The molecule has 0 N–H and O–H groups in total. The maximum absolute atomic E-state index is 6.27. The Labute approximate surface area is 827 Å². The summed E-state index contributed by atoms with van der Waals surface area (Å²) in [5, 5.41) is 18.8. The van der Waals surface area contributed by atoms with Crippen molar-refractivity contribution in [3.05, 3.63) is 481 Å². The van der Waals surface area contributed by atoms with Crippen molar-refractivity contribution in [2.45, 2.75) is 125 Å². The van der Waals surface area contributed by atoms with Crippen LogP contribution in [-0.2, 0) is 0 Å². The summed E-state index contributed by atoms with van der Waals surface area (Å²) >= 11 is 3.92. The Hall–Kier alpha value is -15.4. The second-order valence-electron chi connectivity index (χ2n) is 38.1. The minimum absolute atomic E-state index is 0.688. The molecule has 26 aromatic rings. The third-order valence-corrected chi connectivity index (χ3v) is 31.7. The second-order valence-corrected chi connectivity index (χ2v) is 40.1. The van der Waals surface area contributed by atoms with Crippen LogP contribution in [0.25, 0.3) is 183 Å². The number of hydrogen-bond acceptors (Lipinski definition) is 3. The molecule has 0 amide bonds. The molecule has 5 nitrogen and oxygen atoms in total. The normalized spacial score (nSPS) is 12.9. The first-order valence-electron chi connectivity index (χ1n) is 49.9. The Bertz CT molecular complexity index is 8760. The summed E-state index contributed by atoms with van der Waals surface area (Å²) in [6.45, 7) is 15.2. The number of furan rings is 1. The molecule has 0 spiro atoms. The summed E-state index contributed by atoms with van der Waals surface area (Å²) in [5.74, 6) is 1.48. The van der Waals surface area contributed by atoms with Crippen LogP contribution in [0.1, 0.15) is 126 Å². The number of hydrogen-bond donors (Lipinski definition) is 0. The van der Waals surface area contributed by atoms with Gasteiger partial charge >= 0.3 is 0 Å². The molecule has 2 saturated carbocycles. The number of fused-ring (bicyclic) bond motifs is 21. The van der Waals surface area contributed by atoms with Crippen LogP contribution >= 0.6 is 22.7 Å². The van der Waals surface area contributed by atoms with E-state index in [1.54, 1.807) is 10.3 Å². The third-order valence-electron chi connectivity index (χ3n) is 28.9. The molecule has 0 unspecified atom stereocenters. The lowest BCUT2D eigenvalue weighted by atomic mass is 9.83. The van der Waals surface area contributed by atoms with Gasteiger partial charge in [0.2, 0.25) is 0 Å². The molecular weight excluding hydrogens is 1730 g/mol. The molecule has 0 radical (unpaired) electrons. The highest BCUT2D eigenvalue weighted by molar-refractivity contribution is 7.26. The smallest absolute Gasteiger partial charge is 0.138 e. The lowest BCUT2D eigenvalue weighted by Gasteiger charge is -2.22. The minimum Gasteiger partial charge on any atom is -0.455 e. The molecule has 7 heteroatoms. The molecule has 0 atom stereocenters. The van der Waals surface area contributed by atoms with E-state index in [2.05, 4.69) is 497 Å². The van der Waals surface area contributed by atoms with E-state index in [9.17, 15) is 0 Å². The fourth-order valence-corrected chi connectivity index (χ4v) is 24.9. The van der Waals surface area contributed by atoms with Crippen molar-refractivity contribution < 1.29 is 4.42 Å². The number of aromatic nitrogens is 4. The van der Waals surface area contributed by atoms with Gasteiger partial charge in [0.1, 0.15) is 11.2 Å². The van der Waals surface area contributed by atoms with Gasteiger partial charge in [-0.3, -0.25) is 0 Å². The number of nitrogens with zero attached hydrogens (tertiary/aromatic N) is 4. The molecule has 140 heavy (non-hydrogen) atoms. The zero-order valence-electron chi connectivity index (χ0n) is 80.7. The number of rotatable bonds is 7. The van der Waals surface area contributed by atoms with E-state index in [4.69, 9.17) is 4.42 Å². The number of benzene rings is 19. The maximum atomic E-state index is 6.27. The second kappa shape index (κ2) is 40.0. The summed E-state index contributed by atoms with van der Waals surface area (Å²) in [6.07, 6.45) is 13.8. The predicted octanol–water partition coefficient (Wildman–Crippen LogP) is 38.8. The summed E-state index contributed by atoms with van der Waals surface area (Å²) < 4.78 is 21.5. The maximum Gasteiger partial charge on any atom is 0.138 e. The monoisotopic (exact) mass is 1850 g/mol. The molecule has 0 bridgehead atoms. The van der Waals surface area contributed by atoms with Crippen molar-refractivity contribution in [2.75, 3.05) is 0 Å². The van der Waals surface area contributed by atoms with Gasteiger partial charge < -0.3 is 22.7 Å². The Morgan fingerprint density at radius 3 is 1.14 bits per heavy atom. The molecular formula is C133H114N4OS2. The van der Waals surface area contributed by atoms with Crippen LogP contribution in [0, 0.1) is 48.5 Å². The van der Waals surface area contributed by atoms with Crippen molar-refractivity contribution in [1.29, 1.82) is 0 Å². The molecule has 7 aromatic heterocycles. The number of thiophene rings is 2. The summed E-state index contributed by atoms with van der Waals surface area (Å²) in [4.78, 5) is 0. The molecule has 684 valence electrons. The molecule has 2 aliphatic rings. The fraction of sp³-hybridized carbons (Fsp3) is 0.143. The molecule has 0 aliphatic heterocycles. The van der Waals surface area contributed by atoms with Crippen LogP contribution < -0.4 is 0 Å². The van der Waals surface area contributed by atoms with E-state index in [-0.39, 0.29) is 0 Å². The first-order chi connectivity index (χ1) is 68.9. The van der Waals surface area contributed by atoms with E-state index < -0.39 is 0 Å². The lowest BCUT2D eigenvalue weighted by Crippen LogP contribution is -2.04. The Morgan fingerprint density at radius 1 is 0.214 bits per heavy atom. The van der Waals surface area contributed by atoms with Crippen LogP contribution in [0.2, 0.25) is 0 Å². The van der Waals surface area contributed by atoms with Gasteiger partial charge in [-0.05, 0) is 239 Å². The minimum atomic E-state index is 0.688. The first kappa shape index (κ1) is 89.8. The van der Waals surface area contributed by atoms with E-state index >= 15 is 0 Å². The first-order valence-corrected chi connectivity index (χ1v) is 51.5. The van der Waals surface area contributed by atoms with Crippen molar-refractivity contribution in [2.24, 2.45) is 0 Å². The fourth-order valence-electron chi connectivity index (χ4n) is 22.2. The molecule has 0 saturated heterocycles. The highest BCUT2D eigenvalue weighted by Gasteiger charge is 2.25. The Morgan fingerprint density at radius 2 is 0.564 bits per heavy atom. The SMILES string of the molecule is Cc1ccc2c(c1)c1ccccc1n2-c1ccccc1.Cc1ccc2c3ccccc3n(-c3ccccc3)c2c1.Cc1cccc2c1c1ccccc1n2-c1ccccc1.Cc1cccc2c1oc1c(C3CCCCC3)cccc12.Cc1cccc2c1sc1c(-c3ccccc3)cccc12.Cc1cccc2c1sc1c(C3CCCCC3)cccc12.Cc1cccc2c3ccccc3n(-c3ccccc3)c12. The van der Waals surface area contributed by atoms with Gasteiger partial charge in [0.15, 0.2) is 0 Å². The molecule has 28 rings (SSSR count). The van der Waals surface area contributed by atoms with Gasteiger partial charge in [0.25, 0.3) is 0 Å². The topological polar surface area (TPSA) is 32.9 Å². The van der Waals surface area contributed by atoms with Crippen molar-refractivity contribution >= 4 is 172 Å². The molecule has 2 aliphatic carbocycles. The third kappa shape index (κ3) is 17.4. The zero-order valence-corrected chi connectivity index (χ0v) is 82.4. The van der Waals surface area contributed by atoms with Gasteiger partial charge in [-0.2, -0.15) is 0 Å². The van der Waals surface area contributed by atoms with Crippen LogP contribution in [-0.4, -0.2) is 18.3 Å². The average molecular weight is 1850 g/mol. The van der Waals surface area contributed by atoms with Crippen molar-refractivity contribution in [1.82, 2.24) is 18.3 Å². The van der Waals surface area contributed by atoms with Gasteiger partial charge in [-0.25, -0.2) is 0 Å². The van der Waals surface area contributed by atoms with Crippen LogP contribution in [0.15, 0.2) is 435 Å². The van der Waals surface area contributed by atoms with Crippen molar-refractivity contribution in [3.8, 4) is 33.9 Å². The van der Waals surface area contributed by atoms with E-state index in [1.807, 2.05) is 22.7 Å². The van der Waals surface area contributed by atoms with Gasteiger partial charge in [-0.15, -0.1) is 22.7 Å². The van der Waals surface area contributed by atoms with E-state index in [1.165, 1.54) is 276 Å². The van der Waals surface area contributed by atoms with Crippen LogP contribution in [0.5, 0.6) is 0 Å². The average Bonchev–Trinajstić information content (AvgIpc) is 1.61. The standard InChI is InChI=1S/4C19H15N.C19H20O.C19H20S.C19H14S/c1-14-8-7-12-17-16-11-5-6-13-18(16)20(19(14)17)15-9-3-2-4-10-15;1-14-8-7-13-18-19(14)16-11-5-6-12-17(16)20(18)15-9-3-2-4-10-15;1-14-11-12-19-17(13-14)16-9-5-6-10-18(16)20(19)15-7-3-2-4-8-15;1-14-11-12-17-16-9-5-6-10-18(16)20(19(17)13-14)15-7-3-2-4-8-15;3*1-13-7-5-11-16-17-12-6-10-15(19(17)20-18(13)16)14-8-3-2-4-9-14/h4*2-13H,1H3;2*5-7,10-12,14H,2-4,8-9H2,1H3;2-12H,1H3. The highest BCUT2D eigenvalue weighted by atomic mass is 32.1. The Kier molecular flexibility index (Phi) is 25.6. The van der Waals surface area contributed by atoms with Gasteiger partial charge in [-0.1, -0.05) is 378 Å². The molecule has 7 heterocycles. The van der Waals surface area contributed by atoms with E-state index in [0.29, 0.717) is 5.92 Å². The Balaban J connectivity index is 0.0000000939. The zero-order chi connectivity index (χ0) is 94.7. The molecule has 19 aromatic carbocycles. The number of para-hydroxylation sites is 11. The molecule has 2 fully saturated rings. The lowest BCUT2D eigenvalue weighted by molar-refractivity contribution is 0.442. The van der Waals surface area contributed by atoms with Crippen LogP contribution in [0.4, 0.5) is 0 Å². The van der Waals surface area contributed by atoms with E-state index in [0.717, 1.165) is 17.1 Å². The van der Waals surface area contributed by atoms with Gasteiger partial charge in [0.05, 0.1) is 44.1 Å². The highest BCUT2D eigenvalue weighted by Crippen LogP contribution is 2.47. The predicted molar refractivity (Wildman–Crippen MR) is 606 cm³/mol. The summed E-state index contributed by atoms with van der Waals surface area (Å²) in [6, 6.07) is 154. The quantitative estimate of drug-likeness (QED) is 0.157. The van der Waals surface area contributed by atoms with Crippen LogP contribution in [0.3, 0.4) is 0 Å². The number of aryl methyl sites for hydroxylation is 7. The van der Waals surface area contributed by atoms with Crippen molar-refractivity contribution in [3.63, 3.8) is 0 Å². The largest absolute Gasteiger partial charge is 0.455 e. The summed E-state index contributed by atoms with van der Waals surface area (Å²) in [7, 11) is 0. The summed E-state index contributed by atoms with van der Waals surface area (Å²) in [5.41, 5.74) is 32.1.